The van der Waals surface area contributed by atoms with E-state index in [1.54, 1.807) is 0 Å². The molecule has 6 aromatic carbocycles. The Morgan fingerprint density at radius 3 is 1.36 bits per heavy atom. The molecule has 0 fully saturated rings. The average Bonchev–Trinajstić information content (AvgIpc) is 3.69. The lowest BCUT2D eigenvalue weighted by Crippen LogP contribution is -2.10. The first-order valence-corrected chi connectivity index (χ1v) is 18.9. The van der Waals surface area contributed by atoms with Crippen molar-refractivity contribution in [3.05, 3.63) is 186 Å². The van der Waals surface area contributed by atoms with Crippen molar-refractivity contribution in [3.63, 3.8) is 0 Å². The minimum Gasteiger partial charge on any atom is -0.399 e. The molecule has 0 saturated carbocycles. The van der Waals surface area contributed by atoms with Gasteiger partial charge in [0.25, 0.3) is 0 Å². The molecule has 0 unspecified atom stereocenters. The normalized spacial score (nSPS) is 11.4. The molecule has 3 N–H and O–H groups in total. The summed E-state index contributed by atoms with van der Waals surface area (Å²) in [5.41, 5.74) is 16.2. The van der Waals surface area contributed by atoms with Gasteiger partial charge in [-0.15, -0.1) is 0 Å². The van der Waals surface area contributed by atoms with Crippen molar-refractivity contribution in [2.24, 2.45) is 0 Å². The molecule has 0 aliphatic rings. The molecule has 2 aromatic heterocycles. The third-order valence-corrected chi connectivity index (χ3v) is 9.85. The van der Waals surface area contributed by atoms with Crippen LogP contribution >= 0.6 is 15.9 Å². The van der Waals surface area contributed by atoms with Crippen LogP contribution in [0.2, 0.25) is 0 Å². The maximum atomic E-state index is 5.36. The van der Waals surface area contributed by atoms with E-state index in [4.69, 9.17) is 5.73 Å². The standard InChI is InChI=1S/C24H24N2.C18H18BrN.C6H7N/c1-24(2,3)18-14-15-23-21(16-18)22(25-19-10-6-4-7-11-19)17-26(23)20-12-8-5-9-13-20;1-18(2,3)13-9-10-17-15(11-13)16(19)12-20(17)14-7-5-4-6-8-14;7-6-4-2-1-3-5-6/h4-17,25H,1-3H3;4-12H,1-3H3;1-5H,7H2. The molecule has 8 aromatic rings. The SMILES string of the molecule is CC(C)(C)c1ccc2c(c1)c(Br)cn2-c1ccccc1.CC(C)(C)c1ccc2c(c1)c(Nc1ccccc1)cn2-c1ccccc1.Nc1ccccc1. The number of fused-ring (bicyclic) bond motifs is 2. The predicted molar refractivity (Wildman–Crippen MR) is 232 cm³/mol. The van der Waals surface area contributed by atoms with Crippen molar-refractivity contribution < 1.29 is 0 Å². The lowest BCUT2D eigenvalue weighted by atomic mass is 9.86. The number of nitrogens with zero attached hydrogens (tertiary/aromatic N) is 2. The Morgan fingerprint density at radius 2 is 0.906 bits per heavy atom. The van der Waals surface area contributed by atoms with Crippen LogP contribution in [0.15, 0.2) is 175 Å². The first kappa shape index (κ1) is 37.2. The van der Waals surface area contributed by atoms with E-state index in [9.17, 15) is 0 Å². The van der Waals surface area contributed by atoms with E-state index in [1.807, 2.05) is 42.5 Å². The zero-order valence-electron chi connectivity index (χ0n) is 31.5. The summed E-state index contributed by atoms with van der Waals surface area (Å²) in [4.78, 5) is 0. The Kier molecular flexibility index (Phi) is 11.3. The van der Waals surface area contributed by atoms with Crippen molar-refractivity contribution in [1.29, 1.82) is 0 Å². The largest absolute Gasteiger partial charge is 0.399 e. The van der Waals surface area contributed by atoms with Gasteiger partial charge in [0.05, 0.1) is 16.7 Å². The van der Waals surface area contributed by atoms with Crippen molar-refractivity contribution in [3.8, 4) is 11.4 Å². The Hall–Kier alpha value is -5.52. The maximum Gasteiger partial charge on any atom is 0.0648 e. The van der Waals surface area contributed by atoms with Gasteiger partial charge in [-0.1, -0.05) is 126 Å². The molecule has 2 heterocycles. The molecule has 0 radical (unpaired) electrons. The van der Waals surface area contributed by atoms with Gasteiger partial charge in [0, 0.05) is 50.4 Å². The van der Waals surface area contributed by atoms with Gasteiger partial charge in [0.2, 0.25) is 0 Å². The van der Waals surface area contributed by atoms with Crippen molar-refractivity contribution in [1.82, 2.24) is 9.13 Å². The van der Waals surface area contributed by atoms with Crippen LogP contribution in [0.5, 0.6) is 0 Å². The number of aromatic nitrogens is 2. The first-order chi connectivity index (χ1) is 25.4. The molecule has 0 aliphatic heterocycles. The minimum absolute atomic E-state index is 0.118. The van der Waals surface area contributed by atoms with E-state index in [2.05, 4.69) is 200 Å². The molecule has 0 atom stereocenters. The number of halogens is 1. The second-order valence-electron chi connectivity index (χ2n) is 15.3. The Labute approximate surface area is 323 Å². The Balaban J connectivity index is 0.000000157. The van der Waals surface area contributed by atoms with E-state index in [0.717, 1.165) is 21.5 Å². The second-order valence-corrected chi connectivity index (χ2v) is 16.2. The molecular formula is C48H49BrN4. The van der Waals surface area contributed by atoms with Crippen LogP contribution in [-0.2, 0) is 10.8 Å². The van der Waals surface area contributed by atoms with Crippen LogP contribution in [0.4, 0.5) is 17.1 Å². The van der Waals surface area contributed by atoms with E-state index >= 15 is 0 Å². The monoisotopic (exact) mass is 760 g/mol. The van der Waals surface area contributed by atoms with Crippen LogP contribution in [0, 0.1) is 0 Å². The number of benzene rings is 6. The van der Waals surface area contributed by atoms with Crippen LogP contribution < -0.4 is 11.1 Å². The number of para-hydroxylation sites is 4. The summed E-state index contributed by atoms with van der Waals surface area (Å²) in [6, 6.07) is 54.3. The molecule has 268 valence electrons. The van der Waals surface area contributed by atoms with Gasteiger partial charge in [0.1, 0.15) is 0 Å². The zero-order valence-corrected chi connectivity index (χ0v) is 33.1. The van der Waals surface area contributed by atoms with Crippen molar-refractivity contribution in [2.45, 2.75) is 52.4 Å². The summed E-state index contributed by atoms with van der Waals surface area (Å²) in [5.74, 6) is 0. The average molecular weight is 762 g/mol. The highest BCUT2D eigenvalue weighted by Crippen LogP contribution is 2.35. The van der Waals surface area contributed by atoms with Crippen molar-refractivity contribution in [2.75, 3.05) is 11.1 Å². The number of anilines is 3. The number of nitrogens with one attached hydrogen (secondary N) is 1. The van der Waals surface area contributed by atoms with Gasteiger partial charge in [-0.05, 0) is 111 Å². The fraction of sp³-hybridized carbons (Fsp3) is 0.167. The molecule has 5 heteroatoms. The predicted octanol–water partition coefficient (Wildman–Crippen LogP) is 13.6. The topological polar surface area (TPSA) is 47.9 Å². The lowest BCUT2D eigenvalue weighted by molar-refractivity contribution is 0.591. The highest BCUT2D eigenvalue weighted by atomic mass is 79.9. The minimum atomic E-state index is 0.118. The van der Waals surface area contributed by atoms with Gasteiger partial charge < -0.3 is 20.2 Å². The van der Waals surface area contributed by atoms with Gasteiger partial charge in [0.15, 0.2) is 0 Å². The Bertz CT molecular complexity index is 2380. The third-order valence-electron chi connectivity index (χ3n) is 9.21. The highest BCUT2D eigenvalue weighted by Gasteiger charge is 2.18. The number of nitrogens with two attached hydrogens (primary N) is 1. The van der Waals surface area contributed by atoms with Crippen molar-refractivity contribution >= 4 is 54.8 Å². The van der Waals surface area contributed by atoms with Crippen LogP contribution in [-0.4, -0.2) is 9.13 Å². The fourth-order valence-electron chi connectivity index (χ4n) is 6.19. The number of hydrogen-bond acceptors (Lipinski definition) is 2. The van der Waals surface area contributed by atoms with Gasteiger partial charge in [-0.2, -0.15) is 0 Å². The molecule has 0 spiro atoms. The lowest BCUT2D eigenvalue weighted by Gasteiger charge is -2.19. The summed E-state index contributed by atoms with van der Waals surface area (Å²) < 4.78 is 5.63. The van der Waals surface area contributed by atoms with Crippen LogP contribution in [0.25, 0.3) is 33.2 Å². The fourth-order valence-corrected chi connectivity index (χ4v) is 6.71. The van der Waals surface area contributed by atoms with Gasteiger partial charge >= 0.3 is 0 Å². The van der Waals surface area contributed by atoms with Gasteiger partial charge in [-0.3, -0.25) is 0 Å². The number of nitrogen functional groups attached to an aromatic ring is 1. The van der Waals surface area contributed by atoms with E-state index in [0.29, 0.717) is 0 Å². The molecule has 0 amide bonds. The summed E-state index contributed by atoms with van der Waals surface area (Å²) in [5, 5.41) is 6.10. The summed E-state index contributed by atoms with van der Waals surface area (Å²) in [6.45, 7) is 13.5. The quantitative estimate of drug-likeness (QED) is 0.176. The van der Waals surface area contributed by atoms with E-state index in [-0.39, 0.29) is 10.8 Å². The van der Waals surface area contributed by atoms with Gasteiger partial charge in [-0.25, -0.2) is 0 Å². The summed E-state index contributed by atoms with van der Waals surface area (Å²) in [6.07, 6.45) is 4.34. The van der Waals surface area contributed by atoms with E-state index in [1.165, 1.54) is 44.3 Å². The molecule has 8 rings (SSSR count). The molecule has 53 heavy (non-hydrogen) atoms. The summed E-state index contributed by atoms with van der Waals surface area (Å²) >= 11 is 3.70. The first-order valence-electron chi connectivity index (χ1n) is 18.1. The van der Waals surface area contributed by atoms with Crippen LogP contribution in [0.3, 0.4) is 0 Å². The zero-order chi connectivity index (χ0) is 37.6. The molecule has 4 nitrogen and oxygen atoms in total. The van der Waals surface area contributed by atoms with Crippen LogP contribution in [0.1, 0.15) is 52.7 Å². The molecular weight excluding hydrogens is 712 g/mol. The number of hydrogen-bond donors (Lipinski definition) is 2. The molecule has 0 aliphatic carbocycles. The second kappa shape index (κ2) is 16.0. The highest BCUT2D eigenvalue weighted by molar-refractivity contribution is 9.10. The smallest absolute Gasteiger partial charge is 0.0648 e. The Morgan fingerprint density at radius 1 is 0.491 bits per heavy atom. The molecule has 0 saturated heterocycles. The number of rotatable bonds is 4. The maximum absolute atomic E-state index is 5.36. The third kappa shape index (κ3) is 9.11. The summed E-state index contributed by atoms with van der Waals surface area (Å²) in [7, 11) is 0. The molecule has 0 bridgehead atoms. The van der Waals surface area contributed by atoms with E-state index < -0.39 is 0 Å².